The van der Waals surface area contributed by atoms with Crippen LogP contribution in [0.5, 0.6) is 11.6 Å². The Hall–Kier alpha value is -2.14. The molecule has 3 aromatic rings. The van der Waals surface area contributed by atoms with Crippen molar-refractivity contribution in [3.8, 4) is 11.6 Å². The van der Waals surface area contributed by atoms with Gasteiger partial charge in [0.05, 0.1) is 11.0 Å². The lowest BCUT2D eigenvalue weighted by atomic mass is 10.2. The molecule has 0 aliphatic carbocycles. The minimum absolute atomic E-state index is 0.283. The lowest BCUT2D eigenvalue weighted by Gasteiger charge is -2.10. The zero-order valence-corrected chi connectivity index (χ0v) is 12.4. The number of para-hydroxylation sites is 2. The van der Waals surface area contributed by atoms with Crippen molar-refractivity contribution < 1.29 is 4.74 Å². The van der Waals surface area contributed by atoms with E-state index in [9.17, 15) is 0 Å². The Morgan fingerprint density at radius 1 is 1.05 bits per heavy atom. The van der Waals surface area contributed by atoms with E-state index in [4.69, 9.17) is 10.5 Å². The zero-order chi connectivity index (χ0) is 14.1. The second kappa shape index (κ2) is 5.09. The lowest BCUT2D eigenvalue weighted by Crippen LogP contribution is -1.99. The fourth-order valence-electron chi connectivity index (χ4n) is 1.90. The Bertz CT molecular complexity index is 789. The molecule has 100 valence electrons. The summed E-state index contributed by atoms with van der Waals surface area (Å²) in [4.78, 5) is 8.71. The molecule has 0 spiro atoms. The van der Waals surface area contributed by atoms with Crippen molar-refractivity contribution in [1.29, 1.82) is 0 Å². The predicted octanol–water partition coefficient (Wildman–Crippen LogP) is 4.08. The van der Waals surface area contributed by atoms with Crippen molar-refractivity contribution in [2.45, 2.75) is 6.92 Å². The van der Waals surface area contributed by atoms with Gasteiger partial charge in [-0.2, -0.15) is 0 Å². The maximum atomic E-state index is 5.91. The highest BCUT2D eigenvalue weighted by molar-refractivity contribution is 9.10. The third kappa shape index (κ3) is 2.44. The van der Waals surface area contributed by atoms with E-state index in [1.165, 1.54) is 0 Å². The Balaban J connectivity index is 2.03. The molecule has 0 bridgehead atoms. The van der Waals surface area contributed by atoms with Gasteiger partial charge in [0, 0.05) is 4.47 Å². The van der Waals surface area contributed by atoms with Crippen molar-refractivity contribution in [3.05, 3.63) is 52.5 Å². The summed E-state index contributed by atoms with van der Waals surface area (Å²) in [6.07, 6.45) is 0. The maximum Gasteiger partial charge on any atom is 0.263 e. The first-order valence-corrected chi connectivity index (χ1v) is 6.89. The van der Waals surface area contributed by atoms with Gasteiger partial charge in [-0.1, -0.05) is 28.1 Å². The number of halogens is 1. The first kappa shape index (κ1) is 12.9. The van der Waals surface area contributed by atoms with Gasteiger partial charge in [0.1, 0.15) is 5.75 Å². The van der Waals surface area contributed by atoms with Gasteiger partial charge in [-0.15, -0.1) is 0 Å². The summed E-state index contributed by atoms with van der Waals surface area (Å²) in [6.45, 7) is 1.96. The van der Waals surface area contributed by atoms with Gasteiger partial charge >= 0.3 is 0 Å². The largest absolute Gasteiger partial charge is 0.436 e. The second-order valence-electron chi connectivity index (χ2n) is 4.41. The molecular formula is C15H12BrN3O. The quantitative estimate of drug-likeness (QED) is 0.769. The van der Waals surface area contributed by atoms with Crippen molar-refractivity contribution in [2.75, 3.05) is 5.73 Å². The average Bonchev–Trinajstić information content (AvgIpc) is 2.42. The molecule has 0 aliphatic rings. The van der Waals surface area contributed by atoms with Crippen LogP contribution in [0, 0.1) is 6.92 Å². The minimum atomic E-state index is 0.283. The molecule has 2 N–H and O–H groups in total. The number of anilines is 1. The van der Waals surface area contributed by atoms with E-state index in [0.717, 1.165) is 21.1 Å². The van der Waals surface area contributed by atoms with E-state index in [1.807, 2.05) is 49.4 Å². The van der Waals surface area contributed by atoms with Gasteiger partial charge in [0.15, 0.2) is 5.82 Å². The van der Waals surface area contributed by atoms with E-state index < -0.39 is 0 Å². The summed E-state index contributed by atoms with van der Waals surface area (Å²) in [7, 11) is 0. The summed E-state index contributed by atoms with van der Waals surface area (Å²) >= 11 is 3.42. The Morgan fingerprint density at radius 2 is 1.75 bits per heavy atom. The second-order valence-corrected chi connectivity index (χ2v) is 5.33. The number of aromatic nitrogens is 2. The molecule has 1 aromatic heterocycles. The van der Waals surface area contributed by atoms with Crippen LogP contribution in [-0.4, -0.2) is 9.97 Å². The van der Waals surface area contributed by atoms with E-state index in [-0.39, 0.29) is 5.82 Å². The first-order valence-electron chi connectivity index (χ1n) is 6.10. The molecule has 20 heavy (non-hydrogen) atoms. The van der Waals surface area contributed by atoms with E-state index in [0.29, 0.717) is 11.6 Å². The number of rotatable bonds is 2. The molecule has 3 rings (SSSR count). The number of benzene rings is 2. The maximum absolute atomic E-state index is 5.91. The van der Waals surface area contributed by atoms with Crippen LogP contribution >= 0.6 is 15.9 Å². The number of nitrogens with two attached hydrogens (primary N) is 1. The van der Waals surface area contributed by atoms with Gasteiger partial charge in [0.25, 0.3) is 5.88 Å². The molecular weight excluding hydrogens is 318 g/mol. The van der Waals surface area contributed by atoms with Crippen molar-refractivity contribution in [3.63, 3.8) is 0 Å². The van der Waals surface area contributed by atoms with Crippen LogP contribution < -0.4 is 10.5 Å². The predicted molar refractivity (Wildman–Crippen MR) is 82.9 cm³/mol. The van der Waals surface area contributed by atoms with E-state index >= 15 is 0 Å². The molecule has 0 saturated heterocycles. The monoisotopic (exact) mass is 329 g/mol. The summed E-state index contributed by atoms with van der Waals surface area (Å²) in [5, 5.41) is 0. The first-order chi connectivity index (χ1) is 9.63. The topological polar surface area (TPSA) is 61.0 Å². The Morgan fingerprint density at radius 3 is 2.45 bits per heavy atom. The van der Waals surface area contributed by atoms with Gasteiger partial charge in [-0.3, -0.25) is 0 Å². The highest BCUT2D eigenvalue weighted by Gasteiger charge is 2.09. The molecule has 1 heterocycles. The molecule has 4 nitrogen and oxygen atoms in total. The lowest BCUT2D eigenvalue weighted by molar-refractivity contribution is 0.462. The van der Waals surface area contributed by atoms with E-state index in [1.54, 1.807) is 0 Å². The number of hydrogen-bond acceptors (Lipinski definition) is 4. The highest BCUT2D eigenvalue weighted by atomic mass is 79.9. The number of aryl methyl sites for hydroxylation is 1. The molecule has 5 heteroatoms. The van der Waals surface area contributed by atoms with Crippen LogP contribution in [0.1, 0.15) is 5.56 Å². The summed E-state index contributed by atoms with van der Waals surface area (Å²) in [6, 6.07) is 13.3. The number of fused-ring (bicyclic) bond motifs is 1. The zero-order valence-electron chi connectivity index (χ0n) is 10.8. The molecule has 0 radical (unpaired) electrons. The molecule has 0 atom stereocenters. The fraction of sp³-hybridized carbons (Fsp3) is 0.0667. The molecule has 2 aromatic carbocycles. The molecule has 0 saturated carbocycles. The van der Waals surface area contributed by atoms with Crippen LogP contribution in [0.4, 0.5) is 5.82 Å². The van der Waals surface area contributed by atoms with Crippen LogP contribution in [0.15, 0.2) is 46.9 Å². The third-order valence-corrected chi connectivity index (χ3v) is 3.40. The molecule has 0 amide bonds. The van der Waals surface area contributed by atoms with Crippen LogP contribution in [0.2, 0.25) is 0 Å². The standard InChI is InChI=1S/C15H12BrN3O/c1-9-8-10(16)6-7-13(9)20-15-14(17)18-11-4-2-3-5-12(11)19-15/h2-8H,1H3,(H2,17,18). The Labute approximate surface area is 124 Å². The normalized spacial score (nSPS) is 10.7. The van der Waals surface area contributed by atoms with Crippen molar-refractivity contribution in [2.24, 2.45) is 0 Å². The molecule has 0 unspecified atom stereocenters. The van der Waals surface area contributed by atoms with E-state index in [2.05, 4.69) is 25.9 Å². The van der Waals surface area contributed by atoms with Gasteiger partial charge in [-0.25, -0.2) is 9.97 Å². The van der Waals surface area contributed by atoms with Crippen molar-refractivity contribution in [1.82, 2.24) is 9.97 Å². The number of ether oxygens (including phenoxy) is 1. The Kier molecular flexibility index (Phi) is 3.28. The van der Waals surface area contributed by atoms with Crippen LogP contribution in [0.25, 0.3) is 11.0 Å². The van der Waals surface area contributed by atoms with Gasteiger partial charge in [0.2, 0.25) is 0 Å². The van der Waals surface area contributed by atoms with Gasteiger partial charge in [-0.05, 0) is 42.8 Å². The fourth-order valence-corrected chi connectivity index (χ4v) is 2.38. The third-order valence-electron chi connectivity index (χ3n) is 2.91. The van der Waals surface area contributed by atoms with Crippen LogP contribution in [-0.2, 0) is 0 Å². The smallest absolute Gasteiger partial charge is 0.263 e. The minimum Gasteiger partial charge on any atom is -0.436 e. The van der Waals surface area contributed by atoms with Crippen molar-refractivity contribution >= 4 is 32.8 Å². The number of hydrogen-bond donors (Lipinski definition) is 1. The summed E-state index contributed by atoms with van der Waals surface area (Å²) in [5.74, 6) is 1.32. The summed E-state index contributed by atoms with van der Waals surface area (Å²) in [5.41, 5.74) is 8.41. The highest BCUT2D eigenvalue weighted by Crippen LogP contribution is 2.29. The van der Waals surface area contributed by atoms with Crippen LogP contribution in [0.3, 0.4) is 0 Å². The number of nitrogens with zero attached hydrogens (tertiary/aromatic N) is 2. The molecule has 0 aliphatic heterocycles. The SMILES string of the molecule is Cc1cc(Br)ccc1Oc1nc2ccccc2nc1N. The number of nitrogen functional groups attached to an aromatic ring is 1. The summed E-state index contributed by atoms with van der Waals surface area (Å²) < 4.78 is 6.78. The average molecular weight is 330 g/mol. The van der Waals surface area contributed by atoms with Gasteiger partial charge < -0.3 is 10.5 Å². The molecule has 0 fully saturated rings.